The summed E-state index contributed by atoms with van der Waals surface area (Å²) in [5.41, 5.74) is 8.35. The molecule has 0 aliphatic rings. The summed E-state index contributed by atoms with van der Waals surface area (Å²) in [6, 6.07) is 0. The van der Waals surface area contributed by atoms with Crippen molar-refractivity contribution in [1.29, 1.82) is 0 Å². The maximum Gasteiger partial charge on any atom is 0.250 e. The zero-order valence-corrected chi connectivity index (χ0v) is 9.14. The summed E-state index contributed by atoms with van der Waals surface area (Å²) in [5.74, 6) is -0.462. The van der Waals surface area contributed by atoms with E-state index in [9.17, 15) is 4.79 Å². The van der Waals surface area contributed by atoms with Gasteiger partial charge in [-0.1, -0.05) is 0 Å². The third kappa shape index (κ3) is 1.67. The van der Waals surface area contributed by atoms with Gasteiger partial charge in [0.2, 0.25) is 0 Å². The minimum atomic E-state index is -0.462. The molecule has 0 atom stereocenters. The maximum atomic E-state index is 11.2. The summed E-state index contributed by atoms with van der Waals surface area (Å²) in [4.78, 5) is 15.2. The van der Waals surface area contributed by atoms with Gasteiger partial charge in [-0.25, -0.2) is 0 Å². The second kappa shape index (κ2) is 3.77. The van der Waals surface area contributed by atoms with Crippen molar-refractivity contribution >= 4 is 5.91 Å². The lowest BCUT2D eigenvalue weighted by Gasteiger charge is -2.05. The average Bonchev–Trinajstić information content (AvgIpc) is 2.64. The lowest BCUT2D eigenvalue weighted by Crippen LogP contribution is -2.13. The number of nitrogens with zero attached hydrogens (tertiary/aromatic N) is 3. The summed E-state index contributed by atoms with van der Waals surface area (Å²) < 4.78 is 1.70. The molecule has 2 rings (SSSR count). The van der Waals surface area contributed by atoms with Gasteiger partial charge in [0, 0.05) is 36.8 Å². The Morgan fingerprint density at radius 1 is 1.38 bits per heavy atom. The Hall–Kier alpha value is -2.17. The number of pyridine rings is 1. The third-order valence-corrected chi connectivity index (χ3v) is 2.50. The fourth-order valence-corrected chi connectivity index (χ4v) is 1.62. The molecule has 2 aromatic rings. The van der Waals surface area contributed by atoms with E-state index in [-0.39, 0.29) is 0 Å². The van der Waals surface area contributed by atoms with Crippen molar-refractivity contribution in [2.75, 3.05) is 0 Å². The van der Waals surface area contributed by atoms with Crippen molar-refractivity contribution in [2.45, 2.75) is 6.92 Å². The molecule has 5 heteroatoms. The molecule has 1 amide bonds. The molecule has 2 N–H and O–H groups in total. The van der Waals surface area contributed by atoms with Gasteiger partial charge in [-0.15, -0.1) is 0 Å². The number of primary amides is 1. The van der Waals surface area contributed by atoms with E-state index >= 15 is 0 Å². The number of hydrogen-bond donors (Lipinski definition) is 1. The van der Waals surface area contributed by atoms with Crippen LogP contribution in [-0.2, 0) is 7.05 Å². The van der Waals surface area contributed by atoms with Crippen LogP contribution in [0.25, 0.3) is 11.1 Å². The highest BCUT2D eigenvalue weighted by atomic mass is 16.1. The van der Waals surface area contributed by atoms with Gasteiger partial charge >= 0.3 is 0 Å². The van der Waals surface area contributed by atoms with Gasteiger partial charge in [-0.2, -0.15) is 5.10 Å². The number of hydrogen-bond acceptors (Lipinski definition) is 3. The summed E-state index contributed by atoms with van der Waals surface area (Å²) in [5, 5.41) is 4.08. The Balaban J connectivity index is 2.58. The Morgan fingerprint density at radius 2 is 2.12 bits per heavy atom. The van der Waals surface area contributed by atoms with Gasteiger partial charge < -0.3 is 5.73 Å². The third-order valence-electron chi connectivity index (χ3n) is 2.50. The molecule has 0 aliphatic carbocycles. The normalized spacial score (nSPS) is 10.4. The van der Waals surface area contributed by atoms with Crippen LogP contribution in [0.4, 0.5) is 0 Å². The number of aromatic nitrogens is 3. The standard InChI is InChI=1S/C11H12N4O/c1-7-9(8-3-14-15(2)6-8)4-13-5-10(7)11(12)16/h3-6H,1-2H3,(H2,12,16). The predicted octanol–water partition coefficient (Wildman–Crippen LogP) is 0.889. The first-order chi connectivity index (χ1) is 7.59. The lowest BCUT2D eigenvalue weighted by molar-refractivity contribution is 0.0999. The molecule has 0 aromatic carbocycles. The Bertz CT molecular complexity index is 545. The molecule has 82 valence electrons. The minimum Gasteiger partial charge on any atom is -0.366 e. The molecule has 2 aromatic heterocycles. The van der Waals surface area contributed by atoms with Gasteiger partial charge in [-0.05, 0) is 12.5 Å². The van der Waals surface area contributed by atoms with E-state index < -0.39 is 5.91 Å². The van der Waals surface area contributed by atoms with Crippen LogP contribution in [0.1, 0.15) is 15.9 Å². The number of aryl methyl sites for hydroxylation is 1. The van der Waals surface area contributed by atoms with Crippen molar-refractivity contribution in [1.82, 2.24) is 14.8 Å². The molecule has 16 heavy (non-hydrogen) atoms. The molecule has 0 unspecified atom stereocenters. The molecule has 0 fully saturated rings. The van der Waals surface area contributed by atoms with Crippen LogP contribution >= 0.6 is 0 Å². The van der Waals surface area contributed by atoms with E-state index in [4.69, 9.17) is 5.73 Å². The van der Waals surface area contributed by atoms with Crippen molar-refractivity contribution in [3.63, 3.8) is 0 Å². The van der Waals surface area contributed by atoms with Crippen molar-refractivity contribution in [3.05, 3.63) is 35.9 Å². The number of amides is 1. The second-order valence-corrected chi connectivity index (χ2v) is 3.63. The van der Waals surface area contributed by atoms with Crippen LogP contribution in [0, 0.1) is 6.92 Å². The fraction of sp³-hybridized carbons (Fsp3) is 0.182. The van der Waals surface area contributed by atoms with Gasteiger partial charge in [-0.3, -0.25) is 14.5 Å². The zero-order valence-electron chi connectivity index (χ0n) is 9.14. The van der Waals surface area contributed by atoms with E-state index in [1.54, 1.807) is 17.1 Å². The summed E-state index contributed by atoms with van der Waals surface area (Å²) in [7, 11) is 1.84. The SMILES string of the molecule is Cc1c(C(N)=O)cncc1-c1cnn(C)c1. The highest BCUT2D eigenvalue weighted by Crippen LogP contribution is 2.23. The summed E-state index contributed by atoms with van der Waals surface area (Å²) >= 11 is 0. The smallest absolute Gasteiger partial charge is 0.250 e. The number of carbonyl (C=O) groups is 1. The maximum absolute atomic E-state index is 11.2. The van der Waals surface area contributed by atoms with Crippen LogP contribution < -0.4 is 5.73 Å². The molecule has 2 heterocycles. The summed E-state index contributed by atoms with van der Waals surface area (Å²) in [6.45, 7) is 1.85. The van der Waals surface area contributed by atoms with Crippen molar-refractivity contribution in [2.24, 2.45) is 12.8 Å². The molecule has 0 spiro atoms. The van der Waals surface area contributed by atoms with Gasteiger partial charge in [0.15, 0.2) is 0 Å². The molecule has 0 radical (unpaired) electrons. The first-order valence-electron chi connectivity index (χ1n) is 4.83. The van der Waals surface area contributed by atoms with Crippen LogP contribution in [-0.4, -0.2) is 20.7 Å². The average molecular weight is 216 g/mol. The zero-order chi connectivity index (χ0) is 11.7. The quantitative estimate of drug-likeness (QED) is 0.810. The van der Waals surface area contributed by atoms with Crippen molar-refractivity contribution in [3.8, 4) is 11.1 Å². The molecule has 0 aliphatic heterocycles. The Labute approximate surface area is 92.9 Å². The molecular formula is C11H12N4O. The molecular weight excluding hydrogens is 204 g/mol. The van der Waals surface area contributed by atoms with E-state index in [2.05, 4.69) is 10.1 Å². The predicted molar refractivity (Wildman–Crippen MR) is 59.7 cm³/mol. The second-order valence-electron chi connectivity index (χ2n) is 3.63. The van der Waals surface area contributed by atoms with Crippen LogP contribution in [0.3, 0.4) is 0 Å². The Morgan fingerprint density at radius 3 is 2.69 bits per heavy atom. The largest absolute Gasteiger partial charge is 0.366 e. The Kier molecular flexibility index (Phi) is 2.44. The molecule has 0 bridgehead atoms. The van der Waals surface area contributed by atoms with E-state index in [0.29, 0.717) is 5.56 Å². The van der Waals surface area contributed by atoms with Gasteiger partial charge in [0.05, 0.1) is 11.8 Å². The number of nitrogens with two attached hydrogens (primary N) is 1. The highest BCUT2D eigenvalue weighted by Gasteiger charge is 2.11. The number of rotatable bonds is 2. The molecule has 0 saturated heterocycles. The van der Waals surface area contributed by atoms with E-state index in [0.717, 1.165) is 16.7 Å². The first-order valence-corrected chi connectivity index (χ1v) is 4.83. The molecule has 0 saturated carbocycles. The van der Waals surface area contributed by atoms with Crippen molar-refractivity contribution < 1.29 is 4.79 Å². The van der Waals surface area contributed by atoms with E-state index in [1.807, 2.05) is 20.2 Å². The first kappa shape index (κ1) is 10.4. The van der Waals surface area contributed by atoms with E-state index in [1.165, 1.54) is 6.20 Å². The van der Waals surface area contributed by atoms with Crippen LogP contribution in [0.2, 0.25) is 0 Å². The van der Waals surface area contributed by atoms with Gasteiger partial charge in [0.1, 0.15) is 0 Å². The monoisotopic (exact) mass is 216 g/mol. The molecule has 5 nitrogen and oxygen atoms in total. The van der Waals surface area contributed by atoms with Crippen LogP contribution in [0.5, 0.6) is 0 Å². The number of carbonyl (C=O) groups excluding carboxylic acids is 1. The highest BCUT2D eigenvalue weighted by molar-refractivity contribution is 5.95. The topological polar surface area (TPSA) is 73.8 Å². The van der Waals surface area contributed by atoms with Crippen LogP contribution in [0.15, 0.2) is 24.8 Å². The van der Waals surface area contributed by atoms with Gasteiger partial charge in [0.25, 0.3) is 5.91 Å². The fourth-order valence-electron chi connectivity index (χ4n) is 1.62. The minimum absolute atomic E-state index is 0.446. The lowest BCUT2D eigenvalue weighted by atomic mass is 10.0. The summed E-state index contributed by atoms with van der Waals surface area (Å²) in [6.07, 6.45) is 6.79.